The summed E-state index contributed by atoms with van der Waals surface area (Å²) < 4.78 is 1.18. The van der Waals surface area contributed by atoms with Crippen molar-refractivity contribution in [1.82, 2.24) is 9.88 Å². The van der Waals surface area contributed by atoms with Gasteiger partial charge in [0.25, 0.3) is 0 Å². The molecule has 3 atom stereocenters. The summed E-state index contributed by atoms with van der Waals surface area (Å²) >= 11 is 7.41. The zero-order valence-corrected chi connectivity index (χ0v) is 14.7. The minimum absolute atomic E-state index is 0.649. The lowest BCUT2D eigenvalue weighted by Crippen LogP contribution is -2.48. The second kappa shape index (κ2) is 4.85. The number of likely N-dealkylation sites (N-methyl/N-ethyl adjacent to an activating group) is 1. The molecule has 20 heavy (non-hydrogen) atoms. The van der Waals surface area contributed by atoms with E-state index in [9.17, 15) is 0 Å². The smallest absolute Gasteiger partial charge is 0.0864 e. The van der Waals surface area contributed by atoms with Gasteiger partial charge >= 0.3 is 0 Å². The van der Waals surface area contributed by atoms with E-state index in [0.717, 1.165) is 17.7 Å². The van der Waals surface area contributed by atoms with Crippen molar-refractivity contribution in [3.05, 3.63) is 33.9 Å². The number of fused-ring (bicyclic) bond motifs is 2. The fourth-order valence-electron chi connectivity index (χ4n) is 4.21. The van der Waals surface area contributed by atoms with Gasteiger partial charge in [-0.05, 0) is 58.9 Å². The fourth-order valence-corrected chi connectivity index (χ4v) is 5.25. The topological polar surface area (TPSA) is 19.0 Å². The summed E-state index contributed by atoms with van der Waals surface area (Å²) in [5.41, 5.74) is 4.31. The summed E-state index contributed by atoms with van der Waals surface area (Å²) in [4.78, 5) is 6.07. The van der Waals surface area contributed by atoms with Crippen molar-refractivity contribution in [3.8, 4) is 0 Å². The molecule has 1 unspecified atom stereocenters. The first-order chi connectivity index (χ1) is 9.69. The Kier molecular flexibility index (Phi) is 3.24. The standard InChI is InChI=1S/C16H18Br2N2/c1-20-8-9(7-17)5-11-10-3-2-4-13-15(10)12(6-14(11)20)16(18)19-13/h2-4,9,11,14,19H,5-8H2,1H3/t9?,11-,14-/m1/s1. The Morgan fingerprint density at radius 2 is 2.25 bits per heavy atom. The van der Waals surface area contributed by atoms with Gasteiger partial charge in [-0.2, -0.15) is 0 Å². The van der Waals surface area contributed by atoms with Crippen molar-refractivity contribution in [1.29, 1.82) is 0 Å². The van der Waals surface area contributed by atoms with E-state index in [1.54, 1.807) is 5.56 Å². The molecule has 0 spiro atoms. The molecule has 2 heterocycles. The molecule has 2 aromatic rings. The van der Waals surface area contributed by atoms with Crippen LogP contribution in [0.2, 0.25) is 0 Å². The number of rotatable bonds is 1. The molecule has 0 saturated carbocycles. The molecule has 4 heteroatoms. The number of aromatic amines is 1. The number of halogens is 2. The predicted octanol–water partition coefficient (Wildman–Crippen LogP) is 4.29. The van der Waals surface area contributed by atoms with Crippen LogP contribution in [-0.4, -0.2) is 34.8 Å². The molecule has 1 saturated heterocycles. The highest BCUT2D eigenvalue weighted by Crippen LogP contribution is 2.46. The van der Waals surface area contributed by atoms with Gasteiger partial charge in [0.1, 0.15) is 0 Å². The maximum Gasteiger partial charge on any atom is 0.0864 e. The first-order valence-corrected chi connectivity index (χ1v) is 9.15. The van der Waals surface area contributed by atoms with Crippen LogP contribution in [0.5, 0.6) is 0 Å². The van der Waals surface area contributed by atoms with Gasteiger partial charge in [-0.25, -0.2) is 0 Å². The third-order valence-corrected chi connectivity index (χ3v) is 6.70. The zero-order valence-electron chi connectivity index (χ0n) is 11.5. The highest BCUT2D eigenvalue weighted by molar-refractivity contribution is 9.10. The molecule has 1 N–H and O–H groups in total. The van der Waals surface area contributed by atoms with Gasteiger partial charge in [-0.3, -0.25) is 0 Å². The van der Waals surface area contributed by atoms with E-state index in [2.05, 4.69) is 67.0 Å². The molecule has 1 fully saturated rings. The van der Waals surface area contributed by atoms with Crippen LogP contribution in [0.15, 0.2) is 22.8 Å². The van der Waals surface area contributed by atoms with Crippen LogP contribution < -0.4 is 0 Å². The van der Waals surface area contributed by atoms with Gasteiger partial charge in [0.15, 0.2) is 0 Å². The number of hydrogen-bond donors (Lipinski definition) is 1. The predicted molar refractivity (Wildman–Crippen MR) is 90.8 cm³/mol. The molecular weight excluding hydrogens is 380 g/mol. The van der Waals surface area contributed by atoms with Crippen molar-refractivity contribution in [2.45, 2.75) is 24.8 Å². The molecule has 2 nitrogen and oxygen atoms in total. The second-order valence-electron chi connectivity index (χ2n) is 6.26. The normalized spacial score (nSPS) is 29.6. The Morgan fingerprint density at radius 1 is 1.40 bits per heavy atom. The molecular formula is C16H18Br2N2. The van der Waals surface area contributed by atoms with Crippen LogP contribution in [0.4, 0.5) is 0 Å². The molecule has 1 aromatic carbocycles. The lowest BCUT2D eigenvalue weighted by Gasteiger charge is -2.45. The van der Waals surface area contributed by atoms with E-state index in [1.165, 1.54) is 34.0 Å². The lowest BCUT2D eigenvalue weighted by atomic mass is 9.73. The van der Waals surface area contributed by atoms with Crippen molar-refractivity contribution in [3.63, 3.8) is 0 Å². The average Bonchev–Trinajstić information content (AvgIpc) is 2.77. The average molecular weight is 398 g/mol. The zero-order chi connectivity index (χ0) is 13.9. The molecule has 1 aliphatic carbocycles. The van der Waals surface area contributed by atoms with Crippen molar-refractivity contribution in [2.24, 2.45) is 5.92 Å². The molecule has 1 aromatic heterocycles. The Morgan fingerprint density at radius 3 is 3.05 bits per heavy atom. The lowest BCUT2D eigenvalue weighted by molar-refractivity contribution is 0.121. The molecule has 1 aliphatic heterocycles. The Labute approximate surface area is 136 Å². The van der Waals surface area contributed by atoms with Crippen LogP contribution in [0, 0.1) is 5.92 Å². The maximum atomic E-state index is 3.72. The van der Waals surface area contributed by atoms with E-state index in [0.29, 0.717) is 12.0 Å². The highest BCUT2D eigenvalue weighted by Gasteiger charge is 2.39. The van der Waals surface area contributed by atoms with Crippen LogP contribution in [-0.2, 0) is 6.42 Å². The quantitative estimate of drug-likeness (QED) is 0.711. The number of alkyl halides is 1. The molecule has 106 valence electrons. The van der Waals surface area contributed by atoms with E-state index in [4.69, 9.17) is 0 Å². The maximum absolute atomic E-state index is 3.72. The minimum Gasteiger partial charge on any atom is -0.349 e. The van der Waals surface area contributed by atoms with Gasteiger partial charge in [-0.1, -0.05) is 28.1 Å². The Bertz CT molecular complexity index is 664. The van der Waals surface area contributed by atoms with E-state index < -0.39 is 0 Å². The number of piperidine rings is 1. The number of aromatic nitrogens is 1. The van der Waals surface area contributed by atoms with Gasteiger partial charge in [0, 0.05) is 34.7 Å². The first-order valence-electron chi connectivity index (χ1n) is 7.24. The van der Waals surface area contributed by atoms with Crippen LogP contribution >= 0.6 is 31.9 Å². The monoisotopic (exact) mass is 396 g/mol. The van der Waals surface area contributed by atoms with Crippen LogP contribution in [0.25, 0.3) is 10.9 Å². The summed E-state index contributed by atoms with van der Waals surface area (Å²) in [6.45, 7) is 1.21. The van der Waals surface area contributed by atoms with Gasteiger partial charge in [0.05, 0.1) is 4.60 Å². The molecule has 0 bridgehead atoms. The van der Waals surface area contributed by atoms with Crippen molar-refractivity contribution < 1.29 is 0 Å². The second-order valence-corrected chi connectivity index (χ2v) is 7.70. The summed E-state index contributed by atoms with van der Waals surface area (Å²) in [5.74, 6) is 1.44. The SMILES string of the molecule is CN1CC(CBr)C[C@@H]2c3cccc4[nH]c(Br)c(c34)C[C@H]21. The number of H-pyrrole nitrogens is 1. The van der Waals surface area contributed by atoms with E-state index >= 15 is 0 Å². The van der Waals surface area contributed by atoms with Crippen LogP contribution in [0.3, 0.4) is 0 Å². The Balaban J connectivity index is 1.89. The largest absolute Gasteiger partial charge is 0.349 e. The summed E-state index contributed by atoms with van der Waals surface area (Å²) in [6.07, 6.45) is 2.47. The molecule has 0 amide bonds. The third kappa shape index (κ3) is 1.84. The summed E-state index contributed by atoms with van der Waals surface area (Å²) in [6, 6.07) is 7.38. The minimum atomic E-state index is 0.649. The van der Waals surface area contributed by atoms with Gasteiger partial charge < -0.3 is 9.88 Å². The van der Waals surface area contributed by atoms with E-state index in [1.807, 2.05) is 0 Å². The number of nitrogens with one attached hydrogen (secondary N) is 1. The molecule has 4 rings (SSSR count). The third-order valence-electron chi connectivity index (χ3n) is 5.10. The van der Waals surface area contributed by atoms with Gasteiger partial charge in [0.2, 0.25) is 0 Å². The first kappa shape index (κ1) is 13.4. The summed E-state index contributed by atoms with van der Waals surface area (Å²) in [7, 11) is 2.29. The van der Waals surface area contributed by atoms with Gasteiger partial charge in [-0.15, -0.1) is 0 Å². The molecule has 0 radical (unpaired) electrons. The Hall–Kier alpha value is -0.320. The van der Waals surface area contributed by atoms with Crippen molar-refractivity contribution in [2.75, 3.05) is 18.9 Å². The van der Waals surface area contributed by atoms with Crippen LogP contribution in [0.1, 0.15) is 23.5 Å². The number of nitrogens with zero attached hydrogens (tertiary/aromatic N) is 1. The number of likely N-dealkylation sites (tertiary alicyclic amines) is 1. The number of benzene rings is 1. The molecule has 2 aliphatic rings. The highest BCUT2D eigenvalue weighted by atomic mass is 79.9. The summed E-state index contributed by atoms with van der Waals surface area (Å²) in [5, 5.41) is 2.59. The number of hydrogen-bond acceptors (Lipinski definition) is 1. The van der Waals surface area contributed by atoms with Crippen molar-refractivity contribution >= 4 is 42.8 Å². The fraction of sp³-hybridized carbons (Fsp3) is 0.500. The van der Waals surface area contributed by atoms with E-state index in [-0.39, 0.29) is 0 Å².